The summed E-state index contributed by atoms with van der Waals surface area (Å²) in [6.45, 7) is -13.5. The number of aliphatic carboxylic acids is 3. The highest BCUT2D eigenvalue weighted by atomic mass is 31.2. The second-order valence-corrected chi connectivity index (χ2v) is 34.3. The number of ether oxygens (including phenoxy) is 19. The lowest BCUT2D eigenvalue weighted by atomic mass is 9.89. The number of rotatable bonds is 40. The van der Waals surface area contributed by atoms with Crippen LogP contribution in [0.2, 0.25) is 0 Å². The van der Waals surface area contributed by atoms with Crippen molar-refractivity contribution in [3.05, 3.63) is 0 Å². The van der Waals surface area contributed by atoms with Crippen LogP contribution in [0.5, 0.6) is 0 Å². The van der Waals surface area contributed by atoms with Crippen LogP contribution in [0, 0.1) is 0 Å². The lowest BCUT2D eigenvalue weighted by molar-refractivity contribution is -0.419. The van der Waals surface area contributed by atoms with Crippen molar-refractivity contribution in [2.45, 2.75) is 337 Å². The van der Waals surface area contributed by atoms with Crippen LogP contribution in [0.1, 0.15) is 12.8 Å². The molecule has 10 fully saturated rings. The molecule has 10 aliphatic heterocycles. The molecular weight excluding hydrogens is 1860 g/mol. The lowest BCUT2D eigenvalue weighted by Gasteiger charge is -2.53. The molecule has 0 radical (unpaired) electrons. The maximum Gasteiger partial charge on any atom is 0.472 e. The first-order chi connectivity index (χ1) is 62.4. The van der Waals surface area contributed by atoms with Crippen molar-refractivity contribution in [2.75, 3.05) is 72.6 Å². The van der Waals surface area contributed by atoms with Crippen LogP contribution in [-0.4, -0.2) is 593 Å². The third kappa shape index (κ3) is 24.3. The van der Waals surface area contributed by atoms with E-state index >= 15 is 0 Å². The summed E-state index contributed by atoms with van der Waals surface area (Å²) in [4.78, 5) is 52.4. The minimum Gasteiger partial charge on any atom is -0.479 e. The van der Waals surface area contributed by atoms with Crippen molar-refractivity contribution < 1.29 is 297 Å². The smallest absolute Gasteiger partial charge is 0.472 e. The Hall–Kier alpha value is -3.60. The predicted octanol–water partition coefficient (Wildman–Crippen LogP) is -24.9. The highest BCUT2D eigenvalue weighted by Gasteiger charge is 2.66. The number of aliphatic hydroxyl groups excluding tert-OH is 30. The summed E-state index contributed by atoms with van der Waals surface area (Å²) in [5.41, 5.74) is 17.5. The molecule has 10 rings (SSSR count). The van der Waals surface area contributed by atoms with Crippen LogP contribution in [0.15, 0.2) is 0 Å². The highest BCUT2D eigenvalue weighted by Crippen LogP contribution is 2.49. The first-order valence-corrected chi connectivity index (χ1v) is 42.6. The number of carboxylic acid groups (broad SMARTS) is 3. The van der Waals surface area contributed by atoms with Gasteiger partial charge < -0.3 is 286 Å². The SMILES string of the molecule is NCCOP(=O)(O)O[C@@H](CO[C@H]1O[C@H]([C@@H](O)CO)[C@@H](O)[C@H](O)[C@@H]1O)[C@H]1O[C@H](O[C@@H]2[C@H](O)[C@@H](O[C@H]3[C@@H]([C@H](O)CO[C@H]4OC[C@H](N)[C@H](O)[C@H]4O)O[C@@](O)(C(=O)O)C[C@H]3O[C@]3(C(=O)O)C[C@@H](O)[C@@H](O)[C@@H]([C@H](O)CO)O3)O[C@H]([C@@H](O)CO)[C@H]2O[C@@H]2O[C@H](CO)[C@@H](O)[C@H](O)[C@H]2O)[C@@H](O)[C@@H](O[C@H]2O[C@H](C(=O)O)[C@H](O[C@H]3O[C@H](CO)[C@H](O)[C@H](O)[C@H]3N)[C@H](O)[C@H]2O[C@H]2O[C@H]([C@H](O)CO)[C@@H](O)[C@H](O)[C@@H]2O)[C@@H]1O. The van der Waals surface area contributed by atoms with Gasteiger partial charge in [-0.15, -0.1) is 0 Å². The van der Waals surface area contributed by atoms with Crippen molar-refractivity contribution >= 4 is 25.7 Å². The fraction of sp³-hybridized carbons (Fsp3) is 0.957. The molecule has 774 valence electrons. The molecule has 133 heavy (non-hydrogen) atoms. The number of carbonyl (C=O) groups is 3. The molecule has 10 heterocycles. The van der Waals surface area contributed by atoms with Gasteiger partial charge in [0.1, 0.15) is 232 Å². The monoisotopic (exact) mass is 1980 g/mol. The number of aliphatic hydroxyl groups is 31. The van der Waals surface area contributed by atoms with E-state index in [-0.39, 0.29) is 0 Å². The maximum atomic E-state index is 14.3. The van der Waals surface area contributed by atoms with Crippen LogP contribution < -0.4 is 17.2 Å². The van der Waals surface area contributed by atoms with E-state index in [1.807, 2.05) is 0 Å². The van der Waals surface area contributed by atoms with Crippen molar-refractivity contribution in [2.24, 2.45) is 17.2 Å². The molecule has 10 aliphatic rings. The van der Waals surface area contributed by atoms with Crippen LogP contribution in [0.25, 0.3) is 0 Å². The molecule has 41 N–H and O–H groups in total. The number of phosphoric ester groups is 1. The Bertz CT molecular complexity index is 3690. The minimum atomic E-state index is -5.99. The summed E-state index contributed by atoms with van der Waals surface area (Å²) in [7, 11) is -5.99. The zero-order chi connectivity index (χ0) is 98.7. The number of nitrogens with two attached hydrogens (primary N) is 3. The quantitative estimate of drug-likeness (QED) is 0.0253. The molecule has 10 saturated heterocycles. The van der Waals surface area contributed by atoms with Crippen LogP contribution >= 0.6 is 7.82 Å². The van der Waals surface area contributed by atoms with E-state index in [1.165, 1.54) is 0 Å². The summed E-state index contributed by atoms with van der Waals surface area (Å²) in [6.07, 6.45) is -131. The fourth-order valence-electron chi connectivity index (χ4n) is 16.3. The Balaban J connectivity index is 1.17. The van der Waals surface area contributed by atoms with E-state index < -0.39 is 435 Å². The molecule has 0 spiro atoms. The molecule has 1 unspecified atom stereocenters. The van der Waals surface area contributed by atoms with Gasteiger partial charge in [-0.25, -0.2) is 18.9 Å². The van der Waals surface area contributed by atoms with Gasteiger partial charge in [0, 0.05) is 19.4 Å². The van der Waals surface area contributed by atoms with Crippen molar-refractivity contribution in [1.82, 2.24) is 0 Å². The molecule has 0 aliphatic carbocycles. The highest BCUT2D eigenvalue weighted by molar-refractivity contribution is 7.47. The number of carboxylic acids is 3. The topological polar surface area (TPSA) is 1050 Å². The Labute approximate surface area is 747 Å². The first-order valence-electron chi connectivity index (χ1n) is 41.1. The Kier molecular flexibility index (Phi) is 39.4. The van der Waals surface area contributed by atoms with Crippen LogP contribution in [0.3, 0.4) is 0 Å². The number of phosphoric acid groups is 1. The molecule has 0 amide bonds. The zero-order valence-corrected chi connectivity index (χ0v) is 70.1. The molecular formula is C69H118N3O60P. The zero-order valence-electron chi connectivity index (χ0n) is 69.2. The third-order valence-electron chi connectivity index (χ3n) is 23.7. The maximum absolute atomic E-state index is 14.3. The van der Waals surface area contributed by atoms with Gasteiger partial charge in [0.05, 0.1) is 90.4 Å². The standard InChI is InChI=1S/C69H118N3O60P/c70-1-2-115-133(110,111)132-24(13-114-60-37(96)32(91)34(93)44(118-60)16(80)5-73)49-40(99)51(123-65-54(126-62-39(98)33(92)35(94)45(119-62)17(81)6-74)41(100)52(56(128-65)57(103)104)124-58-25(72)30(89)28(87)22(9-77)116-58)42(101)63(121-49)125-53-43(102)64(120-47(19(83)8-76)55(53)127-61-38(97)31(90)29(88)23(10-78)117-61)122-50-21(129-69(67(107)108)3-15(79)27(86)46(131-69)18(82)7-75)4-68(109,66(105)106)130-48(50)20(84)12-113-59-36(95)26(85)14(71)11-112-59/h14-56,58-65,73-102,109H,1-13,70-72H2,(H,103,104)(H,105,106)(H,107,108)(H,110,111)/t14-,15+,16-,17+,18+,19-,20+,21+,22+,23+,24-,25+,26-,27+,28-,29+,30+,31-,32-,33-,34-,35-,36+,37-,38+,39-,40+,41-,42-,43-,44+,45+,46+,47+,48+,49+,50+,51-,52+,53+,54+,55+,56-,58+,59+,60-,61-,62+,63+,64+,65-,68+,69+/m0/s1. The predicted molar refractivity (Wildman–Crippen MR) is 398 cm³/mol. The third-order valence-corrected chi connectivity index (χ3v) is 24.7. The Morgan fingerprint density at radius 2 is 0.865 bits per heavy atom. The average molecular weight is 1980 g/mol. The van der Waals surface area contributed by atoms with E-state index in [0.29, 0.717) is 0 Å². The van der Waals surface area contributed by atoms with Gasteiger partial charge in [0.25, 0.3) is 11.6 Å². The van der Waals surface area contributed by atoms with Gasteiger partial charge in [-0.05, 0) is 0 Å². The van der Waals surface area contributed by atoms with Crippen LogP contribution in [-0.2, 0) is 118 Å². The molecule has 0 aromatic heterocycles. The molecule has 54 atom stereocenters. The average Bonchev–Trinajstić information content (AvgIpc) is 0.743. The van der Waals surface area contributed by atoms with Gasteiger partial charge in [0.2, 0.25) is 0 Å². The fourth-order valence-corrected chi connectivity index (χ4v) is 17.2. The number of hydrogen-bond acceptors (Lipinski definition) is 59. The second-order valence-electron chi connectivity index (χ2n) is 32.9. The second kappa shape index (κ2) is 47.1. The van der Waals surface area contributed by atoms with Gasteiger partial charge >= 0.3 is 25.7 Å². The Morgan fingerprint density at radius 1 is 0.406 bits per heavy atom. The summed E-state index contributed by atoms with van der Waals surface area (Å²) < 4.78 is 136. The molecule has 0 saturated carbocycles. The molecule has 0 aromatic carbocycles. The summed E-state index contributed by atoms with van der Waals surface area (Å²) >= 11 is 0. The summed E-state index contributed by atoms with van der Waals surface area (Å²) in [6, 6.07) is -3.33. The van der Waals surface area contributed by atoms with E-state index in [0.717, 1.165) is 0 Å². The molecule has 64 heteroatoms. The molecule has 63 nitrogen and oxygen atoms in total. The van der Waals surface area contributed by atoms with Gasteiger partial charge in [-0.3, -0.25) is 9.05 Å². The Morgan fingerprint density at radius 3 is 1.42 bits per heavy atom. The van der Waals surface area contributed by atoms with Crippen molar-refractivity contribution in [3.63, 3.8) is 0 Å². The van der Waals surface area contributed by atoms with Gasteiger partial charge in [-0.2, -0.15) is 0 Å². The van der Waals surface area contributed by atoms with Crippen LogP contribution in [0.4, 0.5) is 0 Å². The van der Waals surface area contributed by atoms with Gasteiger partial charge in [-0.1, -0.05) is 0 Å². The lowest BCUT2D eigenvalue weighted by Crippen LogP contribution is -2.71. The van der Waals surface area contributed by atoms with Crippen molar-refractivity contribution in [1.29, 1.82) is 0 Å². The summed E-state index contributed by atoms with van der Waals surface area (Å²) in [5.74, 6) is -14.7. The normalized spacial score (nSPS) is 48.1. The van der Waals surface area contributed by atoms with E-state index in [2.05, 4.69) is 0 Å². The van der Waals surface area contributed by atoms with E-state index in [4.69, 9.17) is 116 Å². The molecule has 0 aromatic rings. The van der Waals surface area contributed by atoms with Gasteiger partial charge in [0.15, 0.2) is 56.4 Å². The minimum absolute atomic E-state index is 0.609. The number of hydrogen-bond donors (Lipinski definition) is 38. The first kappa shape index (κ1) is 111. The van der Waals surface area contributed by atoms with E-state index in [1.54, 1.807) is 0 Å². The molecule has 0 bridgehead atoms. The largest absolute Gasteiger partial charge is 0.479 e. The summed E-state index contributed by atoms with van der Waals surface area (Å²) in [5, 5.41) is 382. The van der Waals surface area contributed by atoms with Crippen molar-refractivity contribution in [3.8, 4) is 0 Å². The van der Waals surface area contributed by atoms with E-state index in [9.17, 15) is 197 Å².